The van der Waals surface area contributed by atoms with Crippen LogP contribution in [0.2, 0.25) is 0 Å². The lowest BCUT2D eigenvalue weighted by Crippen LogP contribution is -2.17. The molecule has 0 amide bonds. The van der Waals surface area contributed by atoms with E-state index >= 15 is 0 Å². The van der Waals surface area contributed by atoms with Crippen molar-refractivity contribution in [1.29, 1.82) is 0 Å². The third kappa shape index (κ3) is 2.84. The van der Waals surface area contributed by atoms with Crippen LogP contribution >= 0.6 is 11.3 Å². The van der Waals surface area contributed by atoms with Crippen molar-refractivity contribution in [2.45, 2.75) is 32.1 Å². The Kier molecular flexibility index (Phi) is 3.09. The van der Waals surface area contributed by atoms with E-state index in [0.29, 0.717) is 6.42 Å². The Morgan fingerprint density at radius 3 is 2.77 bits per heavy atom. The third-order valence-corrected chi connectivity index (χ3v) is 3.39. The molecule has 0 aliphatic rings. The second-order valence-corrected chi connectivity index (χ2v) is 4.70. The van der Waals surface area contributed by atoms with Gasteiger partial charge in [-0.3, -0.25) is 4.79 Å². The van der Waals surface area contributed by atoms with E-state index in [4.69, 9.17) is 5.11 Å². The van der Waals surface area contributed by atoms with Crippen LogP contribution in [-0.4, -0.2) is 11.1 Å². The summed E-state index contributed by atoms with van der Waals surface area (Å²) >= 11 is 1.69. The van der Waals surface area contributed by atoms with Crippen molar-refractivity contribution in [3.8, 4) is 0 Å². The van der Waals surface area contributed by atoms with Crippen LogP contribution in [0.4, 0.5) is 0 Å². The summed E-state index contributed by atoms with van der Waals surface area (Å²) in [7, 11) is 0. The highest BCUT2D eigenvalue weighted by Gasteiger charge is 2.22. The molecule has 0 bridgehead atoms. The molecule has 0 fully saturated rings. The Morgan fingerprint density at radius 1 is 1.62 bits per heavy atom. The maximum Gasteiger partial charge on any atom is 0.303 e. The van der Waals surface area contributed by atoms with E-state index in [1.165, 1.54) is 4.88 Å². The average molecular weight is 198 g/mol. The Hall–Kier alpha value is -0.830. The fraction of sp³-hybridized carbons (Fsp3) is 0.500. The minimum atomic E-state index is -0.718. The molecule has 1 aromatic heterocycles. The molecule has 3 heteroatoms. The monoisotopic (exact) mass is 198 g/mol. The summed E-state index contributed by atoms with van der Waals surface area (Å²) in [6.45, 7) is 4.17. The molecule has 1 rings (SSSR count). The maximum absolute atomic E-state index is 10.4. The summed E-state index contributed by atoms with van der Waals surface area (Å²) in [5.74, 6) is -0.718. The van der Waals surface area contributed by atoms with Gasteiger partial charge in [0.15, 0.2) is 0 Å². The SMILES string of the molecule is CC(C)(CCC(=O)O)c1cccs1. The molecule has 0 radical (unpaired) electrons. The summed E-state index contributed by atoms with van der Waals surface area (Å²) in [5, 5.41) is 10.6. The molecule has 0 atom stereocenters. The van der Waals surface area contributed by atoms with Crippen molar-refractivity contribution in [2.24, 2.45) is 0 Å². The van der Waals surface area contributed by atoms with Gasteiger partial charge in [-0.15, -0.1) is 11.3 Å². The van der Waals surface area contributed by atoms with E-state index in [1.807, 2.05) is 11.4 Å². The normalized spacial score (nSPS) is 11.5. The van der Waals surface area contributed by atoms with Crippen molar-refractivity contribution in [2.75, 3.05) is 0 Å². The standard InChI is InChI=1S/C10H14O2S/c1-10(2,6-5-9(11)12)8-4-3-7-13-8/h3-4,7H,5-6H2,1-2H3,(H,11,12). The zero-order valence-electron chi connectivity index (χ0n) is 7.91. The number of hydrogen-bond donors (Lipinski definition) is 1. The predicted molar refractivity (Wildman–Crippen MR) is 54.2 cm³/mol. The van der Waals surface area contributed by atoms with Gasteiger partial charge >= 0.3 is 5.97 Å². The highest BCUT2D eigenvalue weighted by molar-refractivity contribution is 7.10. The topological polar surface area (TPSA) is 37.3 Å². The van der Waals surface area contributed by atoms with E-state index in [9.17, 15) is 4.79 Å². The van der Waals surface area contributed by atoms with E-state index in [1.54, 1.807) is 11.3 Å². The molecule has 0 aliphatic heterocycles. The molecule has 0 saturated carbocycles. The van der Waals surface area contributed by atoms with Gasteiger partial charge in [0.1, 0.15) is 0 Å². The smallest absolute Gasteiger partial charge is 0.303 e. The van der Waals surface area contributed by atoms with E-state index in [2.05, 4.69) is 19.9 Å². The van der Waals surface area contributed by atoms with Gasteiger partial charge in [0.2, 0.25) is 0 Å². The quantitative estimate of drug-likeness (QED) is 0.807. The van der Waals surface area contributed by atoms with Crippen molar-refractivity contribution in [3.63, 3.8) is 0 Å². The number of aliphatic carboxylic acids is 1. The molecule has 13 heavy (non-hydrogen) atoms. The summed E-state index contributed by atoms with van der Waals surface area (Å²) in [6, 6.07) is 4.06. The lowest BCUT2D eigenvalue weighted by Gasteiger charge is -2.21. The van der Waals surface area contributed by atoms with Gasteiger partial charge < -0.3 is 5.11 Å². The first kappa shape index (κ1) is 10.3. The molecule has 72 valence electrons. The number of carboxylic acids is 1. The van der Waals surface area contributed by atoms with Crippen LogP contribution in [0.15, 0.2) is 17.5 Å². The fourth-order valence-corrected chi connectivity index (χ4v) is 2.09. The van der Waals surface area contributed by atoms with E-state index < -0.39 is 5.97 Å². The van der Waals surface area contributed by atoms with Crippen LogP contribution in [0.25, 0.3) is 0 Å². The highest BCUT2D eigenvalue weighted by Crippen LogP contribution is 2.31. The Morgan fingerprint density at radius 2 is 2.31 bits per heavy atom. The summed E-state index contributed by atoms with van der Waals surface area (Å²) in [6.07, 6.45) is 0.938. The van der Waals surface area contributed by atoms with E-state index in [-0.39, 0.29) is 11.8 Å². The zero-order chi connectivity index (χ0) is 9.90. The Balaban J connectivity index is 2.61. The van der Waals surface area contributed by atoms with Gasteiger partial charge in [0.25, 0.3) is 0 Å². The molecule has 2 nitrogen and oxygen atoms in total. The van der Waals surface area contributed by atoms with Gasteiger partial charge in [-0.25, -0.2) is 0 Å². The largest absolute Gasteiger partial charge is 0.481 e. The van der Waals surface area contributed by atoms with Gasteiger partial charge in [-0.1, -0.05) is 19.9 Å². The first-order valence-corrected chi connectivity index (χ1v) is 5.16. The molecule has 0 aliphatic carbocycles. The first-order valence-electron chi connectivity index (χ1n) is 4.28. The molecule has 0 unspecified atom stereocenters. The number of carbonyl (C=O) groups is 1. The van der Waals surface area contributed by atoms with Crippen LogP contribution in [0.1, 0.15) is 31.6 Å². The molecule has 0 spiro atoms. The number of carboxylic acid groups (broad SMARTS) is 1. The molecule has 1 heterocycles. The zero-order valence-corrected chi connectivity index (χ0v) is 8.73. The Labute approximate surface area is 82.2 Å². The second-order valence-electron chi connectivity index (χ2n) is 3.75. The summed E-state index contributed by atoms with van der Waals surface area (Å²) in [5.41, 5.74) is -0.00738. The van der Waals surface area contributed by atoms with E-state index in [0.717, 1.165) is 0 Å². The molecule has 1 N–H and O–H groups in total. The fourth-order valence-electron chi connectivity index (χ4n) is 1.21. The van der Waals surface area contributed by atoms with Crippen LogP contribution in [-0.2, 0) is 10.2 Å². The second kappa shape index (κ2) is 3.92. The molecule has 0 aromatic carbocycles. The van der Waals surface area contributed by atoms with Crippen LogP contribution in [0.5, 0.6) is 0 Å². The molecular formula is C10H14O2S. The highest BCUT2D eigenvalue weighted by atomic mass is 32.1. The summed E-state index contributed by atoms with van der Waals surface area (Å²) in [4.78, 5) is 11.7. The van der Waals surface area contributed by atoms with Crippen LogP contribution in [0.3, 0.4) is 0 Å². The predicted octanol–water partition coefficient (Wildman–Crippen LogP) is 2.89. The number of rotatable bonds is 4. The van der Waals surface area contributed by atoms with Crippen molar-refractivity contribution < 1.29 is 9.90 Å². The molecule has 1 aromatic rings. The van der Waals surface area contributed by atoms with Crippen molar-refractivity contribution >= 4 is 17.3 Å². The van der Waals surface area contributed by atoms with Gasteiger partial charge in [0.05, 0.1) is 0 Å². The minimum Gasteiger partial charge on any atom is -0.481 e. The van der Waals surface area contributed by atoms with Crippen LogP contribution in [0, 0.1) is 0 Å². The number of hydrogen-bond acceptors (Lipinski definition) is 2. The number of thiophene rings is 1. The minimum absolute atomic E-state index is 0.00738. The van der Waals surface area contributed by atoms with Gasteiger partial charge in [0, 0.05) is 11.3 Å². The van der Waals surface area contributed by atoms with Crippen LogP contribution < -0.4 is 0 Å². The third-order valence-electron chi connectivity index (χ3n) is 2.15. The van der Waals surface area contributed by atoms with Gasteiger partial charge in [-0.05, 0) is 23.3 Å². The lowest BCUT2D eigenvalue weighted by molar-refractivity contribution is -0.137. The van der Waals surface area contributed by atoms with Gasteiger partial charge in [-0.2, -0.15) is 0 Å². The first-order chi connectivity index (χ1) is 6.02. The average Bonchev–Trinajstić information content (AvgIpc) is 2.53. The Bertz CT molecular complexity index is 275. The molecule has 0 saturated heterocycles. The summed E-state index contributed by atoms with van der Waals surface area (Å²) < 4.78 is 0. The maximum atomic E-state index is 10.4. The van der Waals surface area contributed by atoms with Crippen molar-refractivity contribution in [3.05, 3.63) is 22.4 Å². The van der Waals surface area contributed by atoms with Crippen molar-refractivity contribution in [1.82, 2.24) is 0 Å². The lowest BCUT2D eigenvalue weighted by atomic mass is 9.86. The molecular weight excluding hydrogens is 184 g/mol.